The maximum atomic E-state index is 12.3. The minimum atomic E-state index is -0.463. The highest BCUT2D eigenvalue weighted by Crippen LogP contribution is 2.14. The van der Waals surface area contributed by atoms with Crippen molar-refractivity contribution >= 4 is 17.5 Å². The van der Waals surface area contributed by atoms with Crippen molar-refractivity contribution < 1.29 is 9.53 Å². The van der Waals surface area contributed by atoms with Crippen molar-refractivity contribution in [3.05, 3.63) is 57.0 Å². The number of hydrogen-bond donors (Lipinski definition) is 1. The fourth-order valence-electron chi connectivity index (χ4n) is 2.61. The number of rotatable bonds is 4. The first-order valence-corrected chi connectivity index (χ1v) is 8.15. The monoisotopic (exact) mass is 347 g/mol. The van der Waals surface area contributed by atoms with E-state index in [1.54, 1.807) is 35.9 Å². The minimum Gasteiger partial charge on any atom is -0.381 e. The molecule has 2 aromatic rings. The second kappa shape index (κ2) is 7.15. The number of aromatic nitrogens is 2. The molecule has 1 aromatic heterocycles. The van der Waals surface area contributed by atoms with E-state index in [-0.39, 0.29) is 11.6 Å². The maximum Gasteiger partial charge on any atom is 0.275 e. The van der Waals surface area contributed by atoms with Gasteiger partial charge < -0.3 is 10.1 Å². The Morgan fingerprint density at radius 3 is 2.83 bits per heavy atom. The van der Waals surface area contributed by atoms with Gasteiger partial charge in [-0.25, -0.2) is 4.68 Å². The van der Waals surface area contributed by atoms with E-state index in [2.05, 4.69) is 10.4 Å². The van der Waals surface area contributed by atoms with Crippen LogP contribution in [0.15, 0.2) is 35.1 Å². The normalized spacial score (nSPS) is 17.0. The van der Waals surface area contributed by atoms with E-state index in [0.717, 1.165) is 12.1 Å². The van der Waals surface area contributed by atoms with Crippen LogP contribution in [0, 0.1) is 12.8 Å². The molecular weight excluding hydrogens is 330 g/mol. The number of nitrogens with zero attached hydrogens (tertiary/aromatic N) is 2. The average Bonchev–Trinajstić information content (AvgIpc) is 3.07. The third-order valence-electron chi connectivity index (χ3n) is 3.97. The van der Waals surface area contributed by atoms with E-state index in [1.807, 2.05) is 0 Å². The number of halogens is 1. The van der Waals surface area contributed by atoms with Crippen molar-refractivity contribution in [2.45, 2.75) is 13.3 Å². The largest absolute Gasteiger partial charge is 0.381 e. The van der Waals surface area contributed by atoms with E-state index in [0.29, 0.717) is 30.5 Å². The summed E-state index contributed by atoms with van der Waals surface area (Å²) in [6.45, 7) is 3.60. The van der Waals surface area contributed by atoms with Gasteiger partial charge in [-0.3, -0.25) is 9.59 Å². The van der Waals surface area contributed by atoms with Crippen LogP contribution in [0.3, 0.4) is 0 Å². The molecule has 2 heterocycles. The number of carbonyl (C=O) groups excluding carboxylic acids is 1. The number of aryl methyl sites for hydroxylation is 1. The molecule has 1 aromatic carbocycles. The first kappa shape index (κ1) is 16.7. The van der Waals surface area contributed by atoms with Gasteiger partial charge in [0.25, 0.3) is 5.91 Å². The van der Waals surface area contributed by atoms with Gasteiger partial charge >= 0.3 is 0 Å². The molecule has 0 aliphatic carbocycles. The van der Waals surface area contributed by atoms with Crippen molar-refractivity contribution in [1.82, 2.24) is 15.1 Å². The fourth-order valence-corrected chi connectivity index (χ4v) is 2.74. The zero-order valence-corrected chi connectivity index (χ0v) is 14.0. The smallest absolute Gasteiger partial charge is 0.275 e. The summed E-state index contributed by atoms with van der Waals surface area (Å²) in [5.74, 6) is -0.174. The van der Waals surface area contributed by atoms with Crippen molar-refractivity contribution in [3.8, 4) is 5.69 Å². The van der Waals surface area contributed by atoms with Crippen LogP contribution in [0.5, 0.6) is 0 Å². The lowest BCUT2D eigenvalue weighted by Crippen LogP contribution is -2.35. The number of nitrogens with one attached hydrogen (secondary N) is 1. The average molecular weight is 348 g/mol. The maximum absolute atomic E-state index is 12.3. The summed E-state index contributed by atoms with van der Waals surface area (Å²) >= 11 is 5.90. The van der Waals surface area contributed by atoms with Gasteiger partial charge in [0.15, 0.2) is 5.69 Å². The molecule has 1 unspecified atom stereocenters. The number of hydrogen-bond acceptors (Lipinski definition) is 4. The van der Waals surface area contributed by atoms with Crippen LogP contribution in [0.25, 0.3) is 5.69 Å². The Balaban J connectivity index is 1.84. The molecule has 0 radical (unpaired) electrons. The van der Waals surface area contributed by atoms with Crippen molar-refractivity contribution in [1.29, 1.82) is 0 Å². The molecule has 24 heavy (non-hydrogen) atoms. The summed E-state index contributed by atoms with van der Waals surface area (Å²) in [4.78, 5) is 24.5. The van der Waals surface area contributed by atoms with Gasteiger partial charge in [-0.2, -0.15) is 5.10 Å². The van der Waals surface area contributed by atoms with Crippen LogP contribution in [0.2, 0.25) is 5.02 Å². The van der Waals surface area contributed by atoms with Crippen LogP contribution in [-0.2, 0) is 4.74 Å². The van der Waals surface area contributed by atoms with E-state index < -0.39 is 11.3 Å². The lowest BCUT2D eigenvalue weighted by molar-refractivity contribution is 0.0937. The summed E-state index contributed by atoms with van der Waals surface area (Å²) in [5.41, 5.74) is 0.866. The van der Waals surface area contributed by atoms with Gasteiger partial charge in [0.05, 0.1) is 12.3 Å². The molecule has 126 valence electrons. The Morgan fingerprint density at radius 1 is 1.42 bits per heavy atom. The van der Waals surface area contributed by atoms with Crippen LogP contribution >= 0.6 is 11.6 Å². The SMILES string of the molecule is Cc1cc(=O)c(C(=O)NCC2CCOC2)nn1-c1ccc(Cl)cc1. The summed E-state index contributed by atoms with van der Waals surface area (Å²) < 4.78 is 6.84. The zero-order chi connectivity index (χ0) is 17.1. The van der Waals surface area contributed by atoms with Crippen molar-refractivity contribution in [2.75, 3.05) is 19.8 Å². The second-order valence-electron chi connectivity index (χ2n) is 5.83. The van der Waals surface area contributed by atoms with Crippen LogP contribution in [-0.4, -0.2) is 35.4 Å². The molecule has 1 aliphatic heterocycles. The molecule has 0 saturated carbocycles. The van der Waals surface area contributed by atoms with Gasteiger partial charge in [0.1, 0.15) is 0 Å². The Hall–Kier alpha value is -2.18. The first-order valence-electron chi connectivity index (χ1n) is 7.77. The number of ether oxygens (including phenoxy) is 1. The molecule has 0 spiro atoms. The van der Waals surface area contributed by atoms with Crippen LogP contribution in [0.4, 0.5) is 0 Å². The molecule has 1 fully saturated rings. The van der Waals surface area contributed by atoms with E-state index in [1.165, 1.54) is 6.07 Å². The molecule has 1 atom stereocenters. The highest BCUT2D eigenvalue weighted by molar-refractivity contribution is 6.30. The van der Waals surface area contributed by atoms with Gasteiger partial charge in [-0.1, -0.05) is 11.6 Å². The number of amides is 1. The first-order chi connectivity index (χ1) is 11.5. The number of benzene rings is 1. The highest BCUT2D eigenvalue weighted by Gasteiger charge is 2.19. The summed E-state index contributed by atoms with van der Waals surface area (Å²) in [6.07, 6.45) is 0.913. The molecule has 3 rings (SSSR count). The standard InChI is InChI=1S/C17H18ClN3O3/c1-11-8-15(22)16(17(23)19-9-12-6-7-24-10-12)20-21(11)14-4-2-13(18)3-5-14/h2-5,8,12H,6-7,9-10H2,1H3,(H,19,23). The van der Waals surface area contributed by atoms with E-state index in [4.69, 9.17) is 16.3 Å². The Morgan fingerprint density at radius 2 is 2.17 bits per heavy atom. The lowest BCUT2D eigenvalue weighted by Gasteiger charge is -2.12. The molecular formula is C17H18ClN3O3. The lowest BCUT2D eigenvalue weighted by atomic mass is 10.1. The molecule has 1 N–H and O–H groups in total. The van der Waals surface area contributed by atoms with Crippen LogP contribution in [0.1, 0.15) is 22.6 Å². The van der Waals surface area contributed by atoms with Crippen molar-refractivity contribution in [3.63, 3.8) is 0 Å². The van der Waals surface area contributed by atoms with Gasteiger partial charge in [0, 0.05) is 35.9 Å². The molecule has 0 bridgehead atoms. The Kier molecular flexibility index (Phi) is 4.97. The van der Waals surface area contributed by atoms with Gasteiger partial charge in [0.2, 0.25) is 5.43 Å². The Labute approximate surface area is 144 Å². The molecule has 1 amide bonds. The van der Waals surface area contributed by atoms with Gasteiger partial charge in [-0.05, 0) is 37.6 Å². The highest BCUT2D eigenvalue weighted by atomic mass is 35.5. The Bertz CT molecular complexity index is 796. The van der Waals surface area contributed by atoms with E-state index in [9.17, 15) is 9.59 Å². The van der Waals surface area contributed by atoms with E-state index >= 15 is 0 Å². The second-order valence-corrected chi connectivity index (χ2v) is 6.26. The van der Waals surface area contributed by atoms with Gasteiger partial charge in [-0.15, -0.1) is 0 Å². The summed E-state index contributed by atoms with van der Waals surface area (Å²) in [5, 5.41) is 7.61. The molecule has 7 heteroatoms. The fraction of sp³-hybridized carbons (Fsp3) is 0.353. The predicted molar refractivity (Wildman–Crippen MR) is 90.8 cm³/mol. The zero-order valence-electron chi connectivity index (χ0n) is 13.3. The molecule has 6 nitrogen and oxygen atoms in total. The minimum absolute atomic E-state index is 0.116. The topological polar surface area (TPSA) is 73.2 Å². The molecule has 1 saturated heterocycles. The molecule has 1 aliphatic rings. The summed E-state index contributed by atoms with van der Waals surface area (Å²) in [7, 11) is 0. The predicted octanol–water partition coefficient (Wildman–Crippen LogP) is 1.96. The third-order valence-corrected chi connectivity index (χ3v) is 4.22. The quantitative estimate of drug-likeness (QED) is 0.917. The van der Waals surface area contributed by atoms with Crippen molar-refractivity contribution in [2.24, 2.45) is 5.92 Å². The third kappa shape index (κ3) is 3.66. The summed E-state index contributed by atoms with van der Waals surface area (Å²) in [6, 6.07) is 8.44. The number of carbonyl (C=O) groups is 1. The van der Waals surface area contributed by atoms with Crippen LogP contribution < -0.4 is 10.7 Å².